The number of alkyl halides is 3. The van der Waals surface area contributed by atoms with Crippen molar-refractivity contribution in [3.8, 4) is 5.75 Å². The second-order valence-electron chi connectivity index (χ2n) is 5.71. The Kier molecular flexibility index (Phi) is 7.40. The van der Waals surface area contributed by atoms with Gasteiger partial charge in [-0.3, -0.25) is 0 Å². The van der Waals surface area contributed by atoms with E-state index in [2.05, 4.69) is 9.46 Å². The number of rotatable bonds is 8. The van der Waals surface area contributed by atoms with E-state index in [1.54, 1.807) is 30.3 Å². The lowest BCUT2D eigenvalue weighted by Crippen LogP contribution is -2.23. The van der Waals surface area contributed by atoms with Gasteiger partial charge in [-0.05, 0) is 42.0 Å². The molecule has 0 atom stereocenters. The van der Waals surface area contributed by atoms with Crippen LogP contribution >= 0.6 is 0 Å². The maximum Gasteiger partial charge on any atom is 0.416 e. The summed E-state index contributed by atoms with van der Waals surface area (Å²) >= 11 is 0. The Morgan fingerprint density at radius 3 is 2.45 bits per heavy atom. The highest BCUT2D eigenvalue weighted by atomic mass is 32.2. The van der Waals surface area contributed by atoms with Crippen LogP contribution < -0.4 is 9.46 Å². The van der Waals surface area contributed by atoms with E-state index in [0.29, 0.717) is 23.4 Å². The van der Waals surface area contributed by atoms with E-state index in [4.69, 9.17) is 4.74 Å². The Bertz CT molecular complexity index is 970. The zero-order valence-electron chi connectivity index (χ0n) is 15.3. The molecule has 156 valence electrons. The van der Waals surface area contributed by atoms with Gasteiger partial charge in [-0.1, -0.05) is 24.3 Å². The van der Waals surface area contributed by atoms with Gasteiger partial charge < -0.3 is 9.47 Å². The summed E-state index contributed by atoms with van der Waals surface area (Å²) in [6.45, 7) is -0.312. The first kappa shape index (κ1) is 22.4. The highest BCUT2D eigenvalue weighted by molar-refractivity contribution is 7.89. The summed E-state index contributed by atoms with van der Waals surface area (Å²) in [4.78, 5) is 10.8. The average Bonchev–Trinajstić information content (AvgIpc) is 2.69. The summed E-state index contributed by atoms with van der Waals surface area (Å²) in [7, 11) is -2.70. The van der Waals surface area contributed by atoms with Crippen molar-refractivity contribution in [2.75, 3.05) is 20.3 Å². The van der Waals surface area contributed by atoms with E-state index in [1.807, 2.05) is 0 Å². The molecule has 10 heteroatoms. The Balaban J connectivity index is 1.94. The van der Waals surface area contributed by atoms with E-state index in [0.717, 1.165) is 12.1 Å². The molecule has 2 aromatic carbocycles. The van der Waals surface area contributed by atoms with Crippen LogP contribution in [0.1, 0.15) is 11.1 Å². The van der Waals surface area contributed by atoms with Crippen molar-refractivity contribution in [2.45, 2.75) is 11.1 Å². The molecule has 1 N–H and O–H groups in total. The first-order chi connectivity index (χ1) is 13.6. The van der Waals surface area contributed by atoms with Crippen molar-refractivity contribution in [2.24, 2.45) is 0 Å². The van der Waals surface area contributed by atoms with E-state index >= 15 is 0 Å². The van der Waals surface area contributed by atoms with Crippen LogP contribution in [0.2, 0.25) is 0 Å². The molecule has 2 aromatic rings. The number of hydrogen-bond acceptors (Lipinski definition) is 5. The van der Waals surface area contributed by atoms with Gasteiger partial charge in [0.2, 0.25) is 10.0 Å². The molecule has 0 aliphatic rings. The maximum absolute atomic E-state index is 12.6. The molecule has 0 aliphatic heterocycles. The second kappa shape index (κ2) is 9.57. The Hall–Kier alpha value is -2.85. The molecule has 0 amide bonds. The van der Waals surface area contributed by atoms with Crippen LogP contribution in [-0.4, -0.2) is 34.6 Å². The minimum atomic E-state index is -4.53. The third-order valence-electron chi connectivity index (χ3n) is 3.64. The molecule has 6 nitrogen and oxygen atoms in total. The molecule has 29 heavy (non-hydrogen) atoms. The van der Waals surface area contributed by atoms with Crippen LogP contribution in [0.4, 0.5) is 13.2 Å². The number of nitrogens with one attached hydrogen (secondary N) is 1. The van der Waals surface area contributed by atoms with Gasteiger partial charge in [-0.2, -0.15) is 13.2 Å². The summed E-state index contributed by atoms with van der Waals surface area (Å²) in [5.74, 6) is -0.0912. The van der Waals surface area contributed by atoms with Crippen molar-refractivity contribution >= 4 is 22.1 Å². The van der Waals surface area contributed by atoms with Crippen LogP contribution in [0, 0.1) is 0 Å². The van der Waals surface area contributed by atoms with Gasteiger partial charge in [0.15, 0.2) is 6.61 Å². The summed E-state index contributed by atoms with van der Waals surface area (Å²) in [5.41, 5.74) is -0.230. The van der Waals surface area contributed by atoms with Crippen molar-refractivity contribution < 1.29 is 35.9 Å². The fourth-order valence-electron chi connectivity index (χ4n) is 2.17. The monoisotopic (exact) mass is 429 g/mol. The number of hydrogen-bond donors (Lipinski definition) is 1. The molecule has 0 heterocycles. The van der Waals surface area contributed by atoms with Crippen molar-refractivity contribution in [3.05, 3.63) is 65.7 Å². The number of carbonyl (C=O) groups excluding carboxylic acids is 1. The lowest BCUT2D eigenvalue weighted by molar-refractivity contribution is -0.143. The number of benzene rings is 2. The van der Waals surface area contributed by atoms with Gasteiger partial charge in [0.1, 0.15) is 5.75 Å². The van der Waals surface area contributed by atoms with Gasteiger partial charge in [0.25, 0.3) is 0 Å². The van der Waals surface area contributed by atoms with Crippen LogP contribution in [0.5, 0.6) is 5.75 Å². The lowest BCUT2D eigenvalue weighted by atomic mass is 10.2. The van der Waals surface area contributed by atoms with Gasteiger partial charge in [0, 0.05) is 6.54 Å². The fraction of sp³-hybridized carbons (Fsp3) is 0.211. The Labute approximate surface area is 166 Å². The highest BCUT2D eigenvalue weighted by Gasteiger charge is 2.30. The number of ether oxygens (including phenoxy) is 2. The smallest absolute Gasteiger partial charge is 0.416 e. The summed E-state index contributed by atoms with van der Waals surface area (Å²) < 4.78 is 74.0. The highest BCUT2D eigenvalue weighted by Crippen LogP contribution is 2.29. The molecule has 0 spiro atoms. The predicted octanol–water partition coefficient (Wildman–Crippen LogP) is 3.25. The van der Waals surface area contributed by atoms with E-state index in [-0.39, 0.29) is 18.0 Å². The summed E-state index contributed by atoms with van der Waals surface area (Å²) in [6.07, 6.45) is -1.38. The third-order valence-corrected chi connectivity index (χ3v) is 5.08. The molecule has 0 fully saturated rings. The van der Waals surface area contributed by atoms with Gasteiger partial charge in [-0.25, -0.2) is 17.9 Å². The Morgan fingerprint density at radius 1 is 1.14 bits per heavy atom. The molecule has 0 saturated heterocycles. The van der Waals surface area contributed by atoms with Crippen molar-refractivity contribution in [1.29, 1.82) is 0 Å². The molecule has 0 saturated carbocycles. The Morgan fingerprint density at radius 2 is 1.83 bits per heavy atom. The van der Waals surface area contributed by atoms with E-state index in [1.165, 1.54) is 13.2 Å². The normalized spacial score (nSPS) is 12.1. The number of halogens is 3. The first-order valence-corrected chi connectivity index (χ1v) is 9.73. The molecule has 0 radical (unpaired) electrons. The molecule has 2 rings (SSSR count). The summed E-state index contributed by atoms with van der Waals surface area (Å²) in [6, 6.07) is 9.95. The average molecular weight is 429 g/mol. The standard InChI is InChI=1S/C19H18F3NO5S/c1-27-18(24)13-28-16-6-2-4-14(12-16)5-3-11-23-29(25,26)17-9-7-15(8-10-17)19(20,21)22/h2-10,12,23H,11,13H2,1H3/b5-3+. The van der Waals surface area contributed by atoms with Crippen molar-refractivity contribution in [1.82, 2.24) is 4.72 Å². The van der Waals surface area contributed by atoms with Gasteiger partial charge in [0.05, 0.1) is 17.6 Å². The largest absolute Gasteiger partial charge is 0.482 e. The molecule has 0 aliphatic carbocycles. The molecular formula is C19H18F3NO5S. The number of carbonyl (C=O) groups is 1. The quantitative estimate of drug-likeness (QED) is 0.652. The van der Waals surface area contributed by atoms with Crippen LogP contribution in [0.3, 0.4) is 0 Å². The number of methoxy groups -OCH3 is 1. The van der Waals surface area contributed by atoms with Crippen LogP contribution in [-0.2, 0) is 25.7 Å². The molecule has 0 bridgehead atoms. The molecule has 0 unspecified atom stereocenters. The zero-order chi connectivity index (χ0) is 21.5. The fourth-order valence-corrected chi connectivity index (χ4v) is 3.15. The zero-order valence-corrected chi connectivity index (χ0v) is 16.1. The minimum absolute atomic E-state index is 0.0728. The SMILES string of the molecule is COC(=O)COc1cccc(/C=C/CNS(=O)(=O)c2ccc(C(F)(F)F)cc2)c1. The van der Waals surface area contributed by atoms with E-state index < -0.39 is 27.7 Å². The lowest BCUT2D eigenvalue weighted by Gasteiger charge is -2.08. The van der Waals surface area contributed by atoms with Gasteiger partial charge in [-0.15, -0.1) is 0 Å². The van der Waals surface area contributed by atoms with Gasteiger partial charge >= 0.3 is 12.1 Å². The number of sulfonamides is 1. The summed E-state index contributed by atoms with van der Waals surface area (Å²) in [5, 5.41) is 0. The van der Waals surface area contributed by atoms with E-state index in [9.17, 15) is 26.4 Å². The maximum atomic E-state index is 12.6. The topological polar surface area (TPSA) is 81.7 Å². The second-order valence-corrected chi connectivity index (χ2v) is 7.48. The minimum Gasteiger partial charge on any atom is -0.482 e. The van der Waals surface area contributed by atoms with Crippen molar-refractivity contribution in [3.63, 3.8) is 0 Å². The number of esters is 1. The molecule has 0 aromatic heterocycles. The third kappa shape index (κ3) is 6.91. The first-order valence-electron chi connectivity index (χ1n) is 8.25. The van der Waals surface area contributed by atoms with Crippen LogP contribution in [0.15, 0.2) is 59.5 Å². The van der Waals surface area contributed by atoms with Crippen LogP contribution in [0.25, 0.3) is 6.08 Å². The molecular weight excluding hydrogens is 411 g/mol. The predicted molar refractivity (Wildman–Crippen MR) is 99.6 cm³/mol.